The molecule has 0 bridgehead atoms. The topological polar surface area (TPSA) is 89.9 Å². The first-order valence-electron chi connectivity index (χ1n) is 9.20. The number of carbonyl (C=O) groups excluding carboxylic acids is 1. The highest BCUT2D eigenvalue weighted by molar-refractivity contribution is 7.16. The number of thiazole rings is 1. The van der Waals surface area contributed by atoms with E-state index in [9.17, 15) is 9.59 Å². The van der Waals surface area contributed by atoms with Gasteiger partial charge >= 0.3 is 4.87 Å². The van der Waals surface area contributed by atoms with E-state index in [1.807, 2.05) is 42.6 Å². The lowest BCUT2D eigenvalue weighted by atomic mass is 9.98. The predicted molar refractivity (Wildman–Crippen MR) is 112 cm³/mol. The van der Waals surface area contributed by atoms with Gasteiger partial charge in [-0.15, -0.1) is 0 Å². The molecule has 1 aromatic carbocycles. The summed E-state index contributed by atoms with van der Waals surface area (Å²) in [5.41, 5.74) is 3.78. The molecular weight excluding hydrogens is 388 g/mol. The Labute approximate surface area is 171 Å². The normalized spacial score (nSPS) is 12.3. The second kappa shape index (κ2) is 8.10. The number of carbonyl (C=O) groups is 1. The maximum absolute atomic E-state index is 11.5. The average Bonchev–Trinajstić information content (AvgIpc) is 3.33. The molecule has 7 nitrogen and oxygen atoms in total. The van der Waals surface area contributed by atoms with Crippen LogP contribution in [0.4, 0.5) is 0 Å². The summed E-state index contributed by atoms with van der Waals surface area (Å²) in [5, 5.41) is 4.67. The predicted octanol–water partition coefficient (Wildman–Crippen LogP) is 3.43. The van der Waals surface area contributed by atoms with Gasteiger partial charge in [0.25, 0.3) is 0 Å². The fourth-order valence-corrected chi connectivity index (χ4v) is 3.83. The first kappa shape index (κ1) is 19.2. The number of aromatic amines is 1. The van der Waals surface area contributed by atoms with Crippen LogP contribution in [-0.4, -0.2) is 32.1 Å². The zero-order valence-electron chi connectivity index (χ0n) is 16.1. The summed E-state index contributed by atoms with van der Waals surface area (Å²) in [6.45, 7) is 4.04. The molecule has 0 amide bonds. The van der Waals surface area contributed by atoms with Gasteiger partial charge in [0.2, 0.25) is 0 Å². The molecule has 0 aliphatic heterocycles. The molecule has 0 spiro atoms. The highest BCUT2D eigenvalue weighted by atomic mass is 32.1. The molecule has 8 heteroatoms. The summed E-state index contributed by atoms with van der Waals surface area (Å²) in [5.74, 6) is 0.785. The van der Waals surface area contributed by atoms with Crippen molar-refractivity contribution in [2.24, 2.45) is 0 Å². The lowest BCUT2D eigenvalue weighted by Gasteiger charge is -2.09. The maximum Gasteiger partial charge on any atom is 0.305 e. The van der Waals surface area contributed by atoms with E-state index >= 15 is 0 Å². The van der Waals surface area contributed by atoms with Gasteiger partial charge in [-0.2, -0.15) is 5.10 Å². The molecule has 148 valence electrons. The lowest BCUT2D eigenvalue weighted by molar-refractivity contribution is -0.121. The number of nitrogens with one attached hydrogen (secondary N) is 1. The van der Waals surface area contributed by atoms with Crippen molar-refractivity contribution in [2.75, 3.05) is 6.61 Å². The van der Waals surface area contributed by atoms with Crippen LogP contribution in [0.2, 0.25) is 0 Å². The Balaban J connectivity index is 1.49. The average molecular weight is 408 g/mol. The monoisotopic (exact) mass is 408 g/mol. The SMILES string of the molecule is CC(=O)COCc1ccc(-n2ccc(C(C)c3ccc4[nH]c(=O)sc4c3)n2)nc1. The van der Waals surface area contributed by atoms with Gasteiger partial charge in [-0.3, -0.25) is 9.59 Å². The quantitative estimate of drug-likeness (QED) is 0.506. The molecular formula is C21H20N4O3S. The summed E-state index contributed by atoms with van der Waals surface area (Å²) < 4.78 is 7.99. The zero-order chi connectivity index (χ0) is 20.4. The van der Waals surface area contributed by atoms with Gasteiger partial charge in [-0.1, -0.05) is 30.4 Å². The van der Waals surface area contributed by atoms with Crippen molar-refractivity contribution in [2.45, 2.75) is 26.4 Å². The number of hydrogen-bond acceptors (Lipinski definition) is 6. The van der Waals surface area contributed by atoms with E-state index in [-0.39, 0.29) is 23.2 Å². The van der Waals surface area contributed by atoms with Crippen LogP contribution in [-0.2, 0) is 16.1 Å². The number of nitrogens with zero attached hydrogens (tertiary/aromatic N) is 3. The second-order valence-electron chi connectivity index (χ2n) is 6.90. The lowest BCUT2D eigenvalue weighted by Crippen LogP contribution is -2.05. The molecule has 0 saturated heterocycles. The van der Waals surface area contributed by atoms with E-state index in [1.54, 1.807) is 10.9 Å². The summed E-state index contributed by atoms with van der Waals surface area (Å²) in [7, 11) is 0. The van der Waals surface area contributed by atoms with Gasteiger partial charge in [-0.25, -0.2) is 9.67 Å². The number of pyridine rings is 1. The molecule has 0 saturated carbocycles. The van der Waals surface area contributed by atoms with Crippen molar-refractivity contribution in [3.63, 3.8) is 0 Å². The molecule has 0 fully saturated rings. The minimum absolute atomic E-state index is 0.00223. The first-order valence-corrected chi connectivity index (χ1v) is 10.0. The number of Topliss-reactive ketones (excluding diaryl/α,β-unsaturated/α-hetero) is 1. The van der Waals surface area contributed by atoms with Crippen molar-refractivity contribution in [3.05, 3.63) is 75.3 Å². The van der Waals surface area contributed by atoms with Crippen molar-refractivity contribution in [1.82, 2.24) is 19.7 Å². The van der Waals surface area contributed by atoms with Crippen LogP contribution in [0.5, 0.6) is 0 Å². The third-order valence-electron chi connectivity index (χ3n) is 4.62. The number of ketones is 1. The van der Waals surface area contributed by atoms with Crippen LogP contribution in [0.25, 0.3) is 16.0 Å². The van der Waals surface area contributed by atoms with E-state index in [4.69, 9.17) is 4.74 Å². The van der Waals surface area contributed by atoms with Gasteiger partial charge in [0.05, 0.1) is 22.5 Å². The van der Waals surface area contributed by atoms with E-state index < -0.39 is 0 Å². The third-order valence-corrected chi connectivity index (χ3v) is 5.46. The largest absolute Gasteiger partial charge is 0.369 e. The molecule has 0 radical (unpaired) electrons. The Kier molecular flexibility index (Phi) is 5.37. The summed E-state index contributed by atoms with van der Waals surface area (Å²) in [4.78, 5) is 29.7. The van der Waals surface area contributed by atoms with Gasteiger partial charge in [0, 0.05) is 18.3 Å². The highest BCUT2D eigenvalue weighted by Gasteiger charge is 2.14. The van der Waals surface area contributed by atoms with Crippen LogP contribution >= 0.6 is 11.3 Å². The highest BCUT2D eigenvalue weighted by Crippen LogP contribution is 2.26. The molecule has 0 aliphatic carbocycles. The minimum atomic E-state index is -0.0460. The molecule has 0 aliphatic rings. The van der Waals surface area contributed by atoms with Crippen molar-refractivity contribution >= 4 is 27.3 Å². The van der Waals surface area contributed by atoms with E-state index in [2.05, 4.69) is 22.0 Å². The third kappa shape index (κ3) is 4.33. The molecule has 29 heavy (non-hydrogen) atoms. The number of rotatable bonds is 7. The van der Waals surface area contributed by atoms with Crippen LogP contribution in [0.3, 0.4) is 0 Å². The van der Waals surface area contributed by atoms with E-state index in [0.29, 0.717) is 12.4 Å². The van der Waals surface area contributed by atoms with Gasteiger partial charge in [0.1, 0.15) is 6.61 Å². The van der Waals surface area contributed by atoms with Crippen molar-refractivity contribution in [3.8, 4) is 5.82 Å². The number of fused-ring (bicyclic) bond motifs is 1. The number of H-pyrrole nitrogens is 1. The van der Waals surface area contributed by atoms with Gasteiger partial charge in [0.15, 0.2) is 11.6 Å². The molecule has 3 heterocycles. The summed E-state index contributed by atoms with van der Waals surface area (Å²) in [6.07, 6.45) is 3.61. The summed E-state index contributed by atoms with van der Waals surface area (Å²) in [6, 6.07) is 11.7. The van der Waals surface area contributed by atoms with Gasteiger partial charge in [-0.05, 0) is 42.3 Å². The van der Waals surface area contributed by atoms with Crippen molar-refractivity contribution < 1.29 is 9.53 Å². The molecule has 1 unspecified atom stereocenters. The Morgan fingerprint density at radius 1 is 1.28 bits per heavy atom. The standard InChI is InChI=1S/C21H20N4O3S/c1-13(26)11-28-12-15-3-6-20(22-10-15)25-8-7-17(24-25)14(2)16-4-5-18-19(9-16)29-21(27)23-18/h3-10,14H,11-12H2,1-2H3,(H,23,27). The van der Waals surface area contributed by atoms with E-state index in [1.165, 1.54) is 18.3 Å². The fourth-order valence-electron chi connectivity index (χ4n) is 3.05. The van der Waals surface area contributed by atoms with Crippen LogP contribution in [0.1, 0.15) is 36.6 Å². The summed E-state index contributed by atoms with van der Waals surface area (Å²) >= 11 is 1.21. The smallest absolute Gasteiger partial charge is 0.305 e. The zero-order valence-corrected chi connectivity index (χ0v) is 16.9. The first-order chi connectivity index (χ1) is 14.0. The number of ether oxygens (including phenoxy) is 1. The Hall–Kier alpha value is -3.10. The van der Waals surface area contributed by atoms with Crippen LogP contribution in [0, 0.1) is 0 Å². The van der Waals surface area contributed by atoms with Crippen LogP contribution < -0.4 is 4.87 Å². The molecule has 1 N–H and O–H groups in total. The number of hydrogen-bond donors (Lipinski definition) is 1. The molecule has 4 rings (SSSR count). The Morgan fingerprint density at radius 2 is 2.14 bits per heavy atom. The number of benzene rings is 1. The van der Waals surface area contributed by atoms with Crippen molar-refractivity contribution in [1.29, 1.82) is 0 Å². The molecule has 3 aromatic heterocycles. The van der Waals surface area contributed by atoms with Crippen LogP contribution in [0.15, 0.2) is 53.6 Å². The Bertz CT molecular complexity index is 1210. The second-order valence-corrected chi connectivity index (χ2v) is 7.91. The van der Waals surface area contributed by atoms with E-state index in [0.717, 1.165) is 27.0 Å². The molecule has 1 atom stereocenters. The number of aromatic nitrogens is 4. The maximum atomic E-state index is 11.5. The molecule has 4 aromatic rings. The fraction of sp³-hybridized carbons (Fsp3) is 0.238. The Morgan fingerprint density at radius 3 is 2.90 bits per heavy atom. The minimum Gasteiger partial charge on any atom is -0.369 e. The van der Waals surface area contributed by atoms with Gasteiger partial charge < -0.3 is 9.72 Å².